The van der Waals surface area contributed by atoms with E-state index in [-0.39, 0.29) is 0 Å². The number of rotatable bonds is 5. The lowest BCUT2D eigenvalue weighted by atomic mass is 9.85. The van der Waals surface area contributed by atoms with Crippen LogP contribution in [0.3, 0.4) is 0 Å². The minimum atomic E-state index is 0.299. The third kappa shape index (κ3) is 4.39. The number of para-hydroxylation sites is 1. The van der Waals surface area contributed by atoms with Crippen molar-refractivity contribution in [3.63, 3.8) is 0 Å². The highest BCUT2D eigenvalue weighted by Crippen LogP contribution is 2.33. The summed E-state index contributed by atoms with van der Waals surface area (Å²) in [5.74, 6) is 0.975. The first-order valence-corrected chi connectivity index (χ1v) is 6.34. The Balaban J connectivity index is 2.96. The maximum Gasteiger partial charge on any atom is 0.123 e. The van der Waals surface area contributed by atoms with Crippen LogP contribution >= 0.6 is 0 Å². The van der Waals surface area contributed by atoms with Crippen molar-refractivity contribution >= 4 is 0 Å². The molecule has 0 saturated heterocycles. The smallest absolute Gasteiger partial charge is 0.123 e. The zero-order valence-corrected chi connectivity index (χ0v) is 11.7. The molecule has 96 valence electrons. The maximum atomic E-state index is 5.45. The number of hydrogen-bond donors (Lipinski definition) is 1. The van der Waals surface area contributed by atoms with Gasteiger partial charge in [0.2, 0.25) is 0 Å². The second kappa shape index (κ2) is 6.06. The zero-order valence-electron chi connectivity index (χ0n) is 11.7. The van der Waals surface area contributed by atoms with Crippen LogP contribution in [0, 0.1) is 5.41 Å². The molecule has 17 heavy (non-hydrogen) atoms. The molecular formula is C15H25NO. The first-order chi connectivity index (χ1) is 7.98. The van der Waals surface area contributed by atoms with Gasteiger partial charge in [-0.3, -0.25) is 0 Å². The van der Waals surface area contributed by atoms with Gasteiger partial charge in [0.25, 0.3) is 0 Å². The second-order valence-corrected chi connectivity index (χ2v) is 5.62. The molecule has 0 fully saturated rings. The lowest BCUT2D eigenvalue weighted by Gasteiger charge is -2.28. The fraction of sp³-hybridized carbons (Fsp3) is 0.600. The average Bonchev–Trinajstić information content (AvgIpc) is 2.27. The number of benzene rings is 1. The summed E-state index contributed by atoms with van der Waals surface area (Å²) in [6.45, 7) is 9.93. The number of hydrogen-bond acceptors (Lipinski definition) is 2. The van der Waals surface area contributed by atoms with E-state index < -0.39 is 0 Å². The number of ether oxygens (including phenoxy) is 1. The summed E-state index contributed by atoms with van der Waals surface area (Å²) in [7, 11) is 1.74. The summed E-state index contributed by atoms with van der Waals surface area (Å²) in [5, 5.41) is 3.55. The highest BCUT2D eigenvalue weighted by molar-refractivity contribution is 5.36. The Morgan fingerprint density at radius 2 is 1.88 bits per heavy atom. The van der Waals surface area contributed by atoms with Crippen LogP contribution in [-0.2, 0) is 0 Å². The van der Waals surface area contributed by atoms with Crippen molar-refractivity contribution in [3.05, 3.63) is 29.8 Å². The molecule has 0 amide bonds. The van der Waals surface area contributed by atoms with Crippen molar-refractivity contribution < 1.29 is 4.74 Å². The molecule has 0 saturated carbocycles. The summed E-state index contributed by atoms with van der Waals surface area (Å²) in [6, 6.07) is 8.63. The highest BCUT2D eigenvalue weighted by Gasteiger charge is 2.21. The fourth-order valence-electron chi connectivity index (χ4n) is 2.11. The van der Waals surface area contributed by atoms with Crippen LogP contribution in [-0.4, -0.2) is 13.7 Å². The highest BCUT2D eigenvalue weighted by atomic mass is 16.5. The lowest BCUT2D eigenvalue weighted by molar-refractivity contribution is 0.307. The molecule has 1 aromatic carbocycles. The van der Waals surface area contributed by atoms with Crippen molar-refractivity contribution in [1.29, 1.82) is 0 Å². The molecule has 0 aromatic heterocycles. The molecule has 1 rings (SSSR count). The molecule has 1 aromatic rings. The van der Waals surface area contributed by atoms with E-state index in [0.717, 1.165) is 18.7 Å². The van der Waals surface area contributed by atoms with E-state index in [1.165, 1.54) is 5.56 Å². The van der Waals surface area contributed by atoms with Gasteiger partial charge in [-0.15, -0.1) is 0 Å². The van der Waals surface area contributed by atoms with Gasteiger partial charge in [0.1, 0.15) is 5.75 Å². The monoisotopic (exact) mass is 235 g/mol. The van der Waals surface area contributed by atoms with Crippen LogP contribution in [0.1, 0.15) is 45.7 Å². The summed E-state index contributed by atoms with van der Waals surface area (Å²) in [6.07, 6.45) is 1.10. The Labute approximate surface area is 105 Å². The van der Waals surface area contributed by atoms with Gasteiger partial charge < -0.3 is 10.1 Å². The van der Waals surface area contributed by atoms with Crippen LogP contribution < -0.4 is 10.1 Å². The molecule has 1 atom stereocenters. The van der Waals surface area contributed by atoms with E-state index in [4.69, 9.17) is 4.74 Å². The molecule has 0 aliphatic carbocycles. The Kier molecular flexibility index (Phi) is 5.01. The Morgan fingerprint density at radius 3 is 2.41 bits per heavy atom. The van der Waals surface area contributed by atoms with Crippen LogP contribution in [0.2, 0.25) is 0 Å². The van der Waals surface area contributed by atoms with Crippen LogP contribution in [0.15, 0.2) is 24.3 Å². The first-order valence-electron chi connectivity index (χ1n) is 6.34. The maximum absolute atomic E-state index is 5.45. The molecule has 0 aliphatic heterocycles. The van der Waals surface area contributed by atoms with Crippen LogP contribution in [0.25, 0.3) is 0 Å². The molecule has 2 nitrogen and oxygen atoms in total. The molecule has 0 bridgehead atoms. The van der Waals surface area contributed by atoms with Gasteiger partial charge >= 0.3 is 0 Å². The van der Waals surface area contributed by atoms with Gasteiger partial charge in [0.15, 0.2) is 0 Å². The molecule has 0 aliphatic rings. The van der Waals surface area contributed by atoms with Crippen molar-refractivity contribution in [2.75, 3.05) is 13.7 Å². The molecule has 1 N–H and O–H groups in total. The van der Waals surface area contributed by atoms with Crippen molar-refractivity contribution in [2.45, 2.75) is 40.2 Å². The molecule has 1 unspecified atom stereocenters. The minimum absolute atomic E-state index is 0.299. The third-order valence-electron chi connectivity index (χ3n) is 2.78. The van der Waals surface area contributed by atoms with E-state index in [1.54, 1.807) is 7.11 Å². The van der Waals surface area contributed by atoms with Gasteiger partial charge in [-0.25, -0.2) is 0 Å². The van der Waals surface area contributed by atoms with Gasteiger partial charge in [0, 0.05) is 11.6 Å². The lowest BCUT2D eigenvalue weighted by Crippen LogP contribution is -2.26. The van der Waals surface area contributed by atoms with Gasteiger partial charge in [0.05, 0.1) is 7.11 Å². The molecule has 0 radical (unpaired) electrons. The predicted molar refractivity (Wildman–Crippen MR) is 73.5 cm³/mol. The first kappa shape index (κ1) is 14.0. The van der Waals surface area contributed by atoms with Gasteiger partial charge in [-0.05, 0) is 24.4 Å². The summed E-state index contributed by atoms with van der Waals surface area (Å²) in [4.78, 5) is 0. The van der Waals surface area contributed by atoms with E-state index in [9.17, 15) is 0 Å². The van der Waals surface area contributed by atoms with E-state index >= 15 is 0 Å². The Morgan fingerprint density at radius 1 is 1.24 bits per heavy atom. The van der Waals surface area contributed by atoms with E-state index in [1.807, 2.05) is 12.1 Å². The topological polar surface area (TPSA) is 21.3 Å². The summed E-state index contributed by atoms with van der Waals surface area (Å²) >= 11 is 0. The second-order valence-electron chi connectivity index (χ2n) is 5.62. The van der Waals surface area contributed by atoms with Crippen molar-refractivity contribution in [2.24, 2.45) is 5.41 Å². The SMILES string of the molecule is CCNC(CC(C)(C)C)c1ccccc1OC. The normalized spacial score (nSPS) is 13.5. The summed E-state index contributed by atoms with van der Waals surface area (Å²) < 4.78 is 5.45. The molecule has 0 heterocycles. The number of nitrogens with one attached hydrogen (secondary N) is 1. The predicted octanol–water partition coefficient (Wildman–Crippen LogP) is 3.78. The van der Waals surface area contributed by atoms with E-state index in [2.05, 4.69) is 45.1 Å². The average molecular weight is 235 g/mol. The molecule has 0 spiro atoms. The van der Waals surface area contributed by atoms with Crippen LogP contribution in [0.5, 0.6) is 5.75 Å². The molecule has 2 heteroatoms. The largest absolute Gasteiger partial charge is 0.496 e. The molecular weight excluding hydrogens is 210 g/mol. The fourth-order valence-corrected chi connectivity index (χ4v) is 2.11. The Bertz CT molecular complexity index is 341. The number of methoxy groups -OCH3 is 1. The minimum Gasteiger partial charge on any atom is -0.496 e. The van der Waals surface area contributed by atoms with Crippen molar-refractivity contribution in [3.8, 4) is 5.75 Å². The van der Waals surface area contributed by atoms with Gasteiger partial charge in [-0.1, -0.05) is 45.9 Å². The van der Waals surface area contributed by atoms with Crippen molar-refractivity contribution in [1.82, 2.24) is 5.32 Å². The van der Waals surface area contributed by atoms with Gasteiger partial charge in [-0.2, -0.15) is 0 Å². The van der Waals surface area contributed by atoms with Crippen LogP contribution in [0.4, 0.5) is 0 Å². The zero-order chi connectivity index (χ0) is 12.9. The summed E-state index contributed by atoms with van der Waals surface area (Å²) in [5.41, 5.74) is 1.56. The Hall–Kier alpha value is -1.02. The third-order valence-corrected chi connectivity index (χ3v) is 2.78. The van der Waals surface area contributed by atoms with E-state index in [0.29, 0.717) is 11.5 Å². The standard InChI is InChI=1S/C15H25NO/c1-6-16-13(11-15(2,3)4)12-9-7-8-10-14(12)17-5/h7-10,13,16H,6,11H2,1-5H3. The quantitative estimate of drug-likeness (QED) is 0.838.